The zero-order valence-electron chi connectivity index (χ0n) is 7.18. The molecule has 1 atom stereocenters. The van der Waals surface area contributed by atoms with E-state index in [1.54, 1.807) is 0 Å². The summed E-state index contributed by atoms with van der Waals surface area (Å²) in [6.45, 7) is 0. The lowest BCUT2D eigenvalue weighted by Gasteiger charge is -2.15. The molecule has 0 aromatic heterocycles. The molecule has 7 heteroatoms. The zero-order chi connectivity index (χ0) is 10.9. The van der Waals surface area contributed by atoms with Gasteiger partial charge in [-0.05, 0) is 33.6 Å². The number of alkyl halides is 3. The Morgan fingerprint density at radius 3 is 2.20 bits per heavy atom. The Kier molecular flexibility index (Phi) is 5.02. The van der Waals surface area contributed by atoms with Crippen molar-refractivity contribution in [1.29, 1.82) is 0 Å². The van der Waals surface area contributed by atoms with E-state index in [-0.39, 0.29) is 22.4 Å². The predicted molar refractivity (Wildman–Crippen MR) is 54.3 cm³/mol. The predicted octanol–water partition coefficient (Wildman–Crippen LogP) is 3.57. The van der Waals surface area contributed by atoms with Gasteiger partial charge in [0.2, 0.25) is 0 Å². The van der Waals surface area contributed by atoms with E-state index in [2.05, 4.69) is 15.9 Å². The normalized spacial score (nSPS) is 13.2. The minimum Gasteiger partial charge on any atom is -0.316 e. The second-order valence-electron chi connectivity index (χ2n) is 2.69. The van der Waals surface area contributed by atoms with Gasteiger partial charge < -0.3 is 5.73 Å². The molecule has 2 N–H and O–H groups in total. The Morgan fingerprint density at radius 1 is 1.27 bits per heavy atom. The lowest BCUT2D eigenvalue weighted by molar-refractivity contribution is -0.149. The van der Waals surface area contributed by atoms with Crippen LogP contribution in [0.5, 0.6) is 0 Å². The molecule has 0 fully saturated rings. The number of hydrogen-bond donors (Lipinski definition) is 1. The maximum absolute atomic E-state index is 12.7. The number of benzene rings is 1. The first kappa shape index (κ1) is 14.7. The van der Waals surface area contributed by atoms with Crippen LogP contribution in [-0.4, -0.2) is 6.18 Å². The highest BCUT2D eigenvalue weighted by molar-refractivity contribution is 9.10. The molecule has 1 rings (SSSR count). The third kappa shape index (κ3) is 3.62. The van der Waals surface area contributed by atoms with Crippen molar-refractivity contribution in [3.8, 4) is 0 Å². The molecule has 86 valence electrons. The fourth-order valence-electron chi connectivity index (χ4n) is 0.895. The van der Waals surface area contributed by atoms with Gasteiger partial charge in [-0.1, -0.05) is 6.07 Å². The van der Waals surface area contributed by atoms with Gasteiger partial charge in [-0.15, -0.1) is 12.4 Å². The summed E-state index contributed by atoms with van der Waals surface area (Å²) in [6.07, 6.45) is -4.52. The van der Waals surface area contributed by atoms with E-state index in [0.29, 0.717) is 0 Å². The van der Waals surface area contributed by atoms with Crippen LogP contribution in [0.25, 0.3) is 0 Å². The first-order chi connectivity index (χ1) is 6.32. The van der Waals surface area contributed by atoms with Crippen LogP contribution in [0.4, 0.5) is 17.6 Å². The second-order valence-corrected chi connectivity index (χ2v) is 3.55. The van der Waals surface area contributed by atoms with Gasteiger partial charge in [0.15, 0.2) is 0 Å². The molecule has 0 unspecified atom stereocenters. The lowest BCUT2D eigenvalue weighted by Crippen LogP contribution is -2.28. The largest absolute Gasteiger partial charge is 0.407 e. The van der Waals surface area contributed by atoms with Crippen LogP contribution in [0.3, 0.4) is 0 Å². The van der Waals surface area contributed by atoms with Gasteiger partial charge in [-0.3, -0.25) is 0 Å². The van der Waals surface area contributed by atoms with Crippen molar-refractivity contribution in [3.63, 3.8) is 0 Å². The number of nitrogens with two attached hydrogens (primary N) is 1. The van der Waals surface area contributed by atoms with Crippen molar-refractivity contribution in [3.05, 3.63) is 34.1 Å². The molecule has 0 saturated heterocycles. The summed E-state index contributed by atoms with van der Waals surface area (Å²) in [4.78, 5) is 0. The highest BCUT2D eigenvalue weighted by Crippen LogP contribution is 2.31. The average molecular weight is 308 g/mol. The molecular formula is C8H7BrClF4N. The number of halogens is 6. The summed E-state index contributed by atoms with van der Waals surface area (Å²) in [5.74, 6) is -0.622. The zero-order valence-corrected chi connectivity index (χ0v) is 9.59. The molecule has 0 bridgehead atoms. The molecule has 15 heavy (non-hydrogen) atoms. The second kappa shape index (κ2) is 5.14. The smallest absolute Gasteiger partial charge is 0.316 e. The summed E-state index contributed by atoms with van der Waals surface area (Å²) < 4.78 is 49.1. The lowest BCUT2D eigenvalue weighted by atomic mass is 10.1. The van der Waals surface area contributed by atoms with Gasteiger partial charge in [-0.25, -0.2) is 4.39 Å². The Morgan fingerprint density at radius 2 is 1.80 bits per heavy atom. The van der Waals surface area contributed by atoms with Gasteiger partial charge in [-0.2, -0.15) is 13.2 Å². The summed E-state index contributed by atoms with van der Waals surface area (Å²) in [7, 11) is 0. The Hall–Kier alpha value is -0.330. The van der Waals surface area contributed by atoms with E-state index in [0.717, 1.165) is 18.2 Å². The van der Waals surface area contributed by atoms with Crippen LogP contribution in [-0.2, 0) is 0 Å². The van der Waals surface area contributed by atoms with Gasteiger partial charge in [0.25, 0.3) is 0 Å². The first-order valence-corrected chi connectivity index (χ1v) is 4.39. The van der Waals surface area contributed by atoms with Crippen LogP contribution in [0.15, 0.2) is 22.7 Å². The van der Waals surface area contributed by atoms with E-state index in [4.69, 9.17) is 5.73 Å². The molecule has 0 spiro atoms. The average Bonchev–Trinajstić information content (AvgIpc) is 2.07. The van der Waals surface area contributed by atoms with Crippen LogP contribution < -0.4 is 5.73 Å². The molecule has 1 nitrogen and oxygen atoms in total. The van der Waals surface area contributed by atoms with E-state index < -0.39 is 18.0 Å². The van der Waals surface area contributed by atoms with Crippen molar-refractivity contribution in [2.45, 2.75) is 12.2 Å². The summed E-state index contributed by atoms with van der Waals surface area (Å²) in [6, 6.07) is 0.885. The van der Waals surface area contributed by atoms with E-state index >= 15 is 0 Å². The Bertz CT molecular complexity index is 342. The monoisotopic (exact) mass is 307 g/mol. The Balaban J connectivity index is 0.00000196. The molecule has 1 aromatic rings. The third-order valence-corrected chi connectivity index (χ3v) is 2.26. The molecule has 0 saturated carbocycles. The fraction of sp³-hybridized carbons (Fsp3) is 0.250. The minimum atomic E-state index is -4.52. The highest BCUT2D eigenvalue weighted by Gasteiger charge is 2.37. The van der Waals surface area contributed by atoms with Gasteiger partial charge in [0.05, 0.1) is 4.47 Å². The van der Waals surface area contributed by atoms with E-state index in [9.17, 15) is 17.6 Å². The summed E-state index contributed by atoms with van der Waals surface area (Å²) in [5, 5.41) is 0. The maximum atomic E-state index is 12.7. The molecule has 0 aliphatic rings. The van der Waals surface area contributed by atoms with Crippen molar-refractivity contribution in [1.82, 2.24) is 0 Å². The maximum Gasteiger partial charge on any atom is 0.407 e. The minimum absolute atomic E-state index is 0. The van der Waals surface area contributed by atoms with Crippen LogP contribution in [0.1, 0.15) is 11.6 Å². The fourth-order valence-corrected chi connectivity index (χ4v) is 1.29. The molecular weight excluding hydrogens is 301 g/mol. The molecule has 0 radical (unpaired) electrons. The molecule has 0 aliphatic heterocycles. The van der Waals surface area contributed by atoms with Crippen molar-refractivity contribution in [2.75, 3.05) is 0 Å². The van der Waals surface area contributed by atoms with Gasteiger partial charge >= 0.3 is 6.18 Å². The third-order valence-electron chi connectivity index (χ3n) is 1.66. The van der Waals surface area contributed by atoms with E-state index in [1.165, 1.54) is 0 Å². The number of rotatable bonds is 1. The summed E-state index contributed by atoms with van der Waals surface area (Å²) in [5.41, 5.74) is 4.75. The summed E-state index contributed by atoms with van der Waals surface area (Å²) >= 11 is 2.78. The molecule has 0 amide bonds. The van der Waals surface area contributed by atoms with Crippen LogP contribution in [0, 0.1) is 5.82 Å². The van der Waals surface area contributed by atoms with Gasteiger partial charge in [0.1, 0.15) is 11.9 Å². The Labute approximate surface area is 98.2 Å². The van der Waals surface area contributed by atoms with Crippen LogP contribution >= 0.6 is 28.3 Å². The first-order valence-electron chi connectivity index (χ1n) is 3.59. The highest BCUT2D eigenvalue weighted by atomic mass is 79.9. The van der Waals surface area contributed by atoms with Crippen molar-refractivity contribution in [2.24, 2.45) is 5.73 Å². The molecule has 1 aromatic carbocycles. The van der Waals surface area contributed by atoms with E-state index in [1.807, 2.05) is 0 Å². The van der Waals surface area contributed by atoms with Crippen molar-refractivity contribution < 1.29 is 17.6 Å². The standard InChI is InChI=1S/C8H6BrF4N.ClH/c9-5-3-4(1-2-6(5)10)7(14)8(11,12)13;/h1-3,7H,14H2;1H/t7-;/m1./s1. The van der Waals surface area contributed by atoms with Gasteiger partial charge in [0, 0.05) is 0 Å². The van der Waals surface area contributed by atoms with Crippen LogP contribution in [0.2, 0.25) is 0 Å². The number of hydrogen-bond acceptors (Lipinski definition) is 1. The quantitative estimate of drug-likeness (QED) is 0.789. The molecule has 0 aliphatic carbocycles. The SMILES string of the molecule is Cl.N[C@H](c1ccc(F)c(Br)c1)C(F)(F)F. The molecule has 0 heterocycles. The topological polar surface area (TPSA) is 26.0 Å². The van der Waals surface area contributed by atoms with Crippen molar-refractivity contribution >= 4 is 28.3 Å².